The standard InChI is InChI=1S/C16H23N3O/c1-5-11(3)12-9-7-8-10-14(12)20-16-15(17)13(6-2)18-19(16)4/h7-11H,5-6,17H2,1-4H3. The number of benzene rings is 1. The Balaban J connectivity index is 2.38. The second-order valence-electron chi connectivity index (χ2n) is 5.09. The lowest BCUT2D eigenvalue weighted by Gasteiger charge is -2.15. The summed E-state index contributed by atoms with van der Waals surface area (Å²) in [4.78, 5) is 0. The normalized spacial score (nSPS) is 12.4. The molecule has 0 amide bonds. The van der Waals surface area contributed by atoms with Crippen molar-refractivity contribution in [3.05, 3.63) is 35.5 Å². The van der Waals surface area contributed by atoms with Gasteiger partial charge in [-0.15, -0.1) is 0 Å². The van der Waals surface area contributed by atoms with E-state index in [-0.39, 0.29) is 0 Å². The van der Waals surface area contributed by atoms with Crippen LogP contribution in [0.15, 0.2) is 24.3 Å². The minimum atomic E-state index is 0.450. The fourth-order valence-electron chi connectivity index (χ4n) is 2.26. The average Bonchev–Trinajstić information content (AvgIpc) is 2.74. The van der Waals surface area contributed by atoms with E-state index in [2.05, 4.69) is 25.0 Å². The molecule has 0 fully saturated rings. The van der Waals surface area contributed by atoms with Gasteiger partial charge in [-0.2, -0.15) is 5.10 Å². The zero-order chi connectivity index (χ0) is 14.7. The van der Waals surface area contributed by atoms with E-state index in [1.165, 1.54) is 5.56 Å². The summed E-state index contributed by atoms with van der Waals surface area (Å²) in [6.45, 7) is 6.41. The van der Waals surface area contributed by atoms with Crippen molar-refractivity contribution in [2.45, 2.75) is 39.5 Å². The summed E-state index contributed by atoms with van der Waals surface area (Å²) in [5.41, 5.74) is 8.83. The third kappa shape index (κ3) is 2.64. The first-order chi connectivity index (χ1) is 9.58. The SMILES string of the molecule is CCc1nn(C)c(Oc2ccccc2C(C)CC)c1N. The Bertz CT molecular complexity index is 589. The van der Waals surface area contributed by atoms with Gasteiger partial charge in [0.15, 0.2) is 0 Å². The predicted octanol–water partition coefficient (Wildman–Crippen LogP) is 3.87. The monoisotopic (exact) mass is 273 g/mol. The first-order valence-corrected chi connectivity index (χ1v) is 7.16. The molecule has 0 saturated carbocycles. The van der Waals surface area contributed by atoms with Gasteiger partial charge in [0.2, 0.25) is 5.88 Å². The van der Waals surface area contributed by atoms with Crippen LogP contribution in [0, 0.1) is 0 Å². The van der Waals surface area contributed by atoms with Crippen LogP contribution >= 0.6 is 0 Å². The van der Waals surface area contributed by atoms with Crippen molar-refractivity contribution in [2.24, 2.45) is 7.05 Å². The Morgan fingerprint density at radius 3 is 2.60 bits per heavy atom. The fraction of sp³-hybridized carbons (Fsp3) is 0.438. The quantitative estimate of drug-likeness (QED) is 0.899. The molecule has 1 aromatic heterocycles. The molecule has 2 rings (SSSR count). The third-order valence-electron chi connectivity index (χ3n) is 3.71. The molecule has 0 aliphatic carbocycles. The first kappa shape index (κ1) is 14.4. The van der Waals surface area contributed by atoms with Gasteiger partial charge in [0.05, 0.1) is 5.69 Å². The molecule has 0 spiro atoms. The summed E-state index contributed by atoms with van der Waals surface area (Å²) >= 11 is 0. The minimum absolute atomic E-state index is 0.450. The molecule has 0 radical (unpaired) electrons. The van der Waals surface area contributed by atoms with Gasteiger partial charge in [-0.1, -0.05) is 39.0 Å². The van der Waals surface area contributed by atoms with Crippen LogP contribution in [0.1, 0.15) is 44.4 Å². The molecule has 1 unspecified atom stereocenters. The van der Waals surface area contributed by atoms with Crippen LogP contribution in [0.5, 0.6) is 11.6 Å². The Labute approximate surface area is 120 Å². The van der Waals surface area contributed by atoms with Crippen LogP contribution in [0.3, 0.4) is 0 Å². The van der Waals surface area contributed by atoms with Crippen molar-refractivity contribution in [1.82, 2.24) is 9.78 Å². The topological polar surface area (TPSA) is 53.1 Å². The maximum atomic E-state index is 6.11. The van der Waals surface area contributed by atoms with E-state index in [1.54, 1.807) is 4.68 Å². The highest BCUT2D eigenvalue weighted by molar-refractivity contribution is 5.55. The zero-order valence-corrected chi connectivity index (χ0v) is 12.7. The molecule has 108 valence electrons. The number of nitrogen functional groups attached to an aromatic ring is 1. The molecule has 0 saturated heterocycles. The highest BCUT2D eigenvalue weighted by Crippen LogP contribution is 2.35. The summed E-state index contributed by atoms with van der Waals surface area (Å²) < 4.78 is 7.76. The van der Waals surface area contributed by atoms with Crippen LogP contribution in [-0.2, 0) is 13.5 Å². The molecule has 0 aliphatic rings. The second kappa shape index (κ2) is 5.99. The van der Waals surface area contributed by atoms with E-state index in [9.17, 15) is 0 Å². The highest BCUT2D eigenvalue weighted by Gasteiger charge is 2.17. The number of ether oxygens (including phenoxy) is 1. The zero-order valence-electron chi connectivity index (χ0n) is 12.7. The number of para-hydroxylation sites is 1. The van der Waals surface area contributed by atoms with Gasteiger partial charge in [-0.25, -0.2) is 4.68 Å². The number of nitrogens with zero attached hydrogens (tertiary/aromatic N) is 2. The van der Waals surface area contributed by atoms with Gasteiger partial charge in [-0.05, 0) is 30.4 Å². The Kier molecular flexibility index (Phi) is 4.32. The van der Waals surface area contributed by atoms with Gasteiger partial charge >= 0.3 is 0 Å². The van der Waals surface area contributed by atoms with Gasteiger partial charge in [-0.3, -0.25) is 0 Å². The van der Waals surface area contributed by atoms with Crippen molar-refractivity contribution in [2.75, 3.05) is 5.73 Å². The van der Waals surface area contributed by atoms with Crippen LogP contribution in [0.25, 0.3) is 0 Å². The average molecular weight is 273 g/mol. The van der Waals surface area contributed by atoms with Crippen LogP contribution in [0.4, 0.5) is 5.69 Å². The van der Waals surface area contributed by atoms with E-state index < -0.39 is 0 Å². The number of nitrogens with two attached hydrogens (primary N) is 1. The lowest BCUT2D eigenvalue weighted by atomic mass is 9.98. The predicted molar refractivity (Wildman–Crippen MR) is 82.2 cm³/mol. The largest absolute Gasteiger partial charge is 0.437 e. The van der Waals surface area contributed by atoms with E-state index in [0.717, 1.165) is 24.3 Å². The maximum absolute atomic E-state index is 6.11. The number of aromatic nitrogens is 2. The van der Waals surface area contributed by atoms with Crippen molar-refractivity contribution in [1.29, 1.82) is 0 Å². The number of hydrogen-bond donors (Lipinski definition) is 1. The molecule has 4 nitrogen and oxygen atoms in total. The molecule has 4 heteroatoms. The third-order valence-corrected chi connectivity index (χ3v) is 3.71. The summed E-state index contributed by atoms with van der Waals surface area (Å²) in [6, 6.07) is 8.11. The smallest absolute Gasteiger partial charge is 0.241 e. The molecule has 2 aromatic rings. The second-order valence-corrected chi connectivity index (χ2v) is 5.09. The summed E-state index contributed by atoms with van der Waals surface area (Å²) in [5.74, 6) is 1.93. The Morgan fingerprint density at radius 1 is 1.30 bits per heavy atom. The minimum Gasteiger partial charge on any atom is -0.437 e. The Hall–Kier alpha value is -1.97. The van der Waals surface area contributed by atoms with Crippen LogP contribution in [0.2, 0.25) is 0 Å². The molecule has 2 N–H and O–H groups in total. The number of rotatable bonds is 5. The molecule has 0 bridgehead atoms. The van der Waals surface area contributed by atoms with Gasteiger partial charge in [0.25, 0.3) is 0 Å². The van der Waals surface area contributed by atoms with Crippen LogP contribution < -0.4 is 10.5 Å². The highest BCUT2D eigenvalue weighted by atomic mass is 16.5. The summed E-state index contributed by atoms with van der Waals surface area (Å²) in [5, 5.41) is 4.39. The lowest BCUT2D eigenvalue weighted by Crippen LogP contribution is -2.01. The summed E-state index contributed by atoms with van der Waals surface area (Å²) in [6.07, 6.45) is 1.87. The maximum Gasteiger partial charge on any atom is 0.241 e. The lowest BCUT2D eigenvalue weighted by molar-refractivity contribution is 0.424. The molecular weight excluding hydrogens is 250 g/mol. The molecule has 20 heavy (non-hydrogen) atoms. The number of hydrogen-bond acceptors (Lipinski definition) is 3. The molecule has 1 heterocycles. The van der Waals surface area contributed by atoms with Crippen LogP contribution in [-0.4, -0.2) is 9.78 Å². The van der Waals surface area contributed by atoms with Crippen molar-refractivity contribution in [3.8, 4) is 11.6 Å². The summed E-state index contributed by atoms with van der Waals surface area (Å²) in [7, 11) is 1.86. The van der Waals surface area contributed by atoms with E-state index in [1.807, 2.05) is 32.2 Å². The van der Waals surface area contributed by atoms with Crippen molar-refractivity contribution >= 4 is 5.69 Å². The van der Waals surface area contributed by atoms with Gasteiger partial charge < -0.3 is 10.5 Å². The number of aryl methyl sites for hydroxylation is 2. The van der Waals surface area contributed by atoms with E-state index in [0.29, 0.717) is 17.5 Å². The van der Waals surface area contributed by atoms with Crippen molar-refractivity contribution < 1.29 is 4.74 Å². The van der Waals surface area contributed by atoms with E-state index >= 15 is 0 Å². The first-order valence-electron chi connectivity index (χ1n) is 7.16. The molecule has 0 aliphatic heterocycles. The Morgan fingerprint density at radius 2 is 2.00 bits per heavy atom. The van der Waals surface area contributed by atoms with Crippen molar-refractivity contribution in [3.63, 3.8) is 0 Å². The molecule has 1 atom stereocenters. The fourth-order valence-corrected chi connectivity index (χ4v) is 2.26. The molecule has 1 aromatic carbocycles. The van der Waals surface area contributed by atoms with Gasteiger partial charge in [0.1, 0.15) is 11.4 Å². The van der Waals surface area contributed by atoms with E-state index in [4.69, 9.17) is 10.5 Å². The van der Waals surface area contributed by atoms with Gasteiger partial charge in [0, 0.05) is 7.05 Å². The molecular formula is C16H23N3O. The number of anilines is 1.